The molecule has 1 aliphatic heterocycles. The van der Waals surface area contributed by atoms with Gasteiger partial charge in [0.2, 0.25) is 17.7 Å². The molecule has 0 unspecified atom stereocenters. The Labute approximate surface area is 215 Å². The molecular weight excluding hydrogens is 468 g/mol. The average Bonchev–Trinajstić information content (AvgIpc) is 3.67. The van der Waals surface area contributed by atoms with Gasteiger partial charge in [-0.05, 0) is 73.8 Å². The van der Waals surface area contributed by atoms with Crippen molar-refractivity contribution in [2.75, 3.05) is 5.32 Å². The molecule has 7 nitrogen and oxygen atoms in total. The molecule has 2 saturated carbocycles. The highest BCUT2D eigenvalue weighted by atomic mass is 16.5. The third kappa shape index (κ3) is 4.06. The van der Waals surface area contributed by atoms with Crippen molar-refractivity contribution in [3.8, 4) is 0 Å². The van der Waals surface area contributed by atoms with Crippen LogP contribution in [0.3, 0.4) is 0 Å². The number of nitrogens with zero attached hydrogens (tertiary/aromatic N) is 1. The predicted molar refractivity (Wildman–Crippen MR) is 136 cm³/mol. The number of imide groups is 1. The van der Waals surface area contributed by atoms with Gasteiger partial charge in [0.05, 0.1) is 23.5 Å². The number of rotatable bonds is 7. The number of nitrogens with one attached hydrogen (secondary N) is 1. The summed E-state index contributed by atoms with van der Waals surface area (Å²) in [6, 6.07) is 14.9. The maximum absolute atomic E-state index is 13.7. The highest BCUT2D eigenvalue weighted by molar-refractivity contribution is 6.10. The van der Waals surface area contributed by atoms with E-state index in [9.17, 15) is 19.2 Å². The first-order chi connectivity index (χ1) is 17.8. The topological polar surface area (TPSA) is 92.8 Å². The van der Waals surface area contributed by atoms with Gasteiger partial charge in [0.15, 0.2) is 0 Å². The Morgan fingerprint density at radius 2 is 1.51 bits per heavy atom. The minimum absolute atomic E-state index is 0.0972. The third-order valence-corrected chi connectivity index (χ3v) is 8.31. The van der Waals surface area contributed by atoms with Crippen LogP contribution in [0.25, 0.3) is 0 Å². The van der Waals surface area contributed by atoms with Gasteiger partial charge in [-0.1, -0.05) is 42.5 Å². The van der Waals surface area contributed by atoms with Gasteiger partial charge in [-0.15, -0.1) is 0 Å². The zero-order valence-corrected chi connectivity index (χ0v) is 20.9. The molecule has 2 aromatic carbocycles. The Bertz CT molecular complexity index is 1250. The smallest absolute Gasteiger partial charge is 0.338 e. The molecular formula is C30H30N2O5. The zero-order valence-electron chi connectivity index (χ0n) is 20.9. The van der Waals surface area contributed by atoms with Crippen LogP contribution in [-0.2, 0) is 25.5 Å². The molecule has 7 atom stereocenters. The number of benzene rings is 2. The third-order valence-electron chi connectivity index (χ3n) is 8.31. The van der Waals surface area contributed by atoms with Gasteiger partial charge in [0.25, 0.3) is 0 Å². The van der Waals surface area contributed by atoms with Crippen molar-refractivity contribution in [1.82, 2.24) is 4.90 Å². The van der Waals surface area contributed by atoms with E-state index in [0.717, 1.165) is 12.0 Å². The lowest BCUT2D eigenvalue weighted by atomic mass is 9.63. The standard InChI is InChI=1S/C30H30N2O5/c1-16(2)37-30(36)18-8-10-19(11-9-18)31-27(33)24(14-17-6-4-3-5-7-17)32-28(34)25-20-12-13-21(23-15-22(20)23)26(25)29(32)35/h3-13,16,20-26H,14-15H2,1-2H3,(H,31,33)/t20-,21-,22-,23-,24-,25+,26+/m1/s1. The Morgan fingerprint density at radius 3 is 2.08 bits per heavy atom. The summed E-state index contributed by atoms with van der Waals surface area (Å²) in [7, 11) is 0. The van der Waals surface area contributed by atoms with Crippen molar-refractivity contribution in [2.45, 2.75) is 38.8 Å². The fourth-order valence-corrected chi connectivity index (χ4v) is 6.62. The van der Waals surface area contributed by atoms with E-state index in [0.29, 0.717) is 23.1 Å². The number of anilines is 1. The lowest BCUT2D eigenvalue weighted by Crippen LogP contribution is -2.49. The fourth-order valence-electron chi connectivity index (χ4n) is 6.62. The van der Waals surface area contributed by atoms with E-state index in [4.69, 9.17) is 4.74 Å². The number of ether oxygens (including phenoxy) is 1. The highest BCUT2D eigenvalue weighted by Crippen LogP contribution is 2.65. The summed E-state index contributed by atoms with van der Waals surface area (Å²) in [5.41, 5.74) is 1.72. The average molecular weight is 499 g/mol. The lowest BCUT2D eigenvalue weighted by Gasteiger charge is -2.37. The van der Waals surface area contributed by atoms with E-state index in [-0.39, 0.29) is 48.0 Å². The lowest BCUT2D eigenvalue weighted by molar-refractivity contribution is -0.146. The number of carbonyl (C=O) groups is 4. The van der Waals surface area contributed by atoms with Crippen LogP contribution in [0.2, 0.25) is 0 Å². The Kier molecular flexibility index (Phi) is 5.74. The minimum atomic E-state index is -0.964. The van der Waals surface area contributed by atoms with Crippen LogP contribution in [0.15, 0.2) is 66.7 Å². The molecule has 0 aromatic heterocycles. The van der Waals surface area contributed by atoms with E-state index in [1.54, 1.807) is 38.1 Å². The minimum Gasteiger partial charge on any atom is -0.459 e. The molecule has 4 aliphatic carbocycles. The van der Waals surface area contributed by atoms with Crippen LogP contribution >= 0.6 is 0 Å². The van der Waals surface area contributed by atoms with Gasteiger partial charge >= 0.3 is 5.97 Å². The second kappa shape index (κ2) is 8.98. The van der Waals surface area contributed by atoms with E-state index in [2.05, 4.69) is 17.5 Å². The van der Waals surface area contributed by atoms with E-state index < -0.39 is 17.9 Å². The molecule has 7 heteroatoms. The van der Waals surface area contributed by atoms with Gasteiger partial charge in [0.1, 0.15) is 6.04 Å². The molecule has 1 saturated heterocycles. The summed E-state index contributed by atoms with van der Waals surface area (Å²) >= 11 is 0. The zero-order chi connectivity index (χ0) is 25.8. The molecule has 1 N–H and O–H groups in total. The number of carbonyl (C=O) groups excluding carboxylic acids is 4. The monoisotopic (exact) mass is 498 g/mol. The second-order valence-corrected chi connectivity index (χ2v) is 10.9. The Balaban J connectivity index is 1.26. The van der Waals surface area contributed by atoms with Crippen LogP contribution in [0.4, 0.5) is 5.69 Å². The van der Waals surface area contributed by atoms with Crippen molar-refractivity contribution in [2.24, 2.45) is 35.5 Å². The molecule has 7 rings (SSSR count). The van der Waals surface area contributed by atoms with Gasteiger partial charge < -0.3 is 10.1 Å². The molecule has 0 spiro atoms. The number of amides is 3. The molecule has 2 aromatic rings. The van der Waals surface area contributed by atoms with Crippen LogP contribution in [0, 0.1) is 35.5 Å². The summed E-state index contributed by atoms with van der Waals surface area (Å²) in [5, 5.41) is 2.87. The normalized spacial score (nSPS) is 29.6. The van der Waals surface area contributed by atoms with Gasteiger partial charge in [0, 0.05) is 12.1 Å². The van der Waals surface area contributed by atoms with E-state index in [1.165, 1.54) is 4.90 Å². The maximum Gasteiger partial charge on any atom is 0.338 e. The number of esters is 1. The van der Waals surface area contributed by atoms with Crippen molar-refractivity contribution in [3.05, 3.63) is 77.9 Å². The summed E-state index contributed by atoms with van der Waals surface area (Å²) in [4.78, 5) is 54.5. The largest absolute Gasteiger partial charge is 0.459 e. The molecule has 2 bridgehead atoms. The van der Waals surface area contributed by atoms with E-state index in [1.807, 2.05) is 30.3 Å². The Hall–Kier alpha value is -3.74. The fraction of sp³-hybridized carbons (Fsp3) is 0.400. The van der Waals surface area contributed by atoms with Crippen molar-refractivity contribution in [1.29, 1.82) is 0 Å². The molecule has 5 aliphatic rings. The first-order valence-corrected chi connectivity index (χ1v) is 13.0. The van der Waals surface area contributed by atoms with Gasteiger partial charge in [-0.2, -0.15) is 0 Å². The summed E-state index contributed by atoms with van der Waals surface area (Å²) in [6.45, 7) is 3.56. The molecule has 37 heavy (non-hydrogen) atoms. The number of hydrogen-bond acceptors (Lipinski definition) is 5. The molecule has 0 radical (unpaired) electrons. The predicted octanol–water partition coefficient (Wildman–Crippen LogP) is 3.85. The molecule has 1 heterocycles. The van der Waals surface area contributed by atoms with Crippen molar-refractivity contribution < 1.29 is 23.9 Å². The SMILES string of the molecule is CC(C)OC(=O)c1ccc(NC(=O)[C@@H](Cc2ccccc2)N2C(=O)[C@H]3[C@@H]4C=C[C@H]([C@H]5C[C@H]45)[C@@H]3C2=O)cc1. The number of hydrogen-bond donors (Lipinski definition) is 1. The first-order valence-electron chi connectivity index (χ1n) is 13.0. The summed E-state index contributed by atoms with van der Waals surface area (Å²) < 4.78 is 5.22. The maximum atomic E-state index is 13.7. The highest BCUT2D eigenvalue weighted by Gasteiger charge is 2.67. The quantitative estimate of drug-likeness (QED) is 0.356. The van der Waals surface area contributed by atoms with Crippen molar-refractivity contribution >= 4 is 29.4 Å². The van der Waals surface area contributed by atoms with Crippen LogP contribution in [0.5, 0.6) is 0 Å². The van der Waals surface area contributed by atoms with Crippen LogP contribution in [-0.4, -0.2) is 40.7 Å². The number of allylic oxidation sites excluding steroid dienone is 2. The summed E-state index contributed by atoms with van der Waals surface area (Å²) in [6.07, 6.45) is 5.35. The molecule has 190 valence electrons. The van der Waals surface area contributed by atoms with Crippen LogP contribution in [0.1, 0.15) is 36.2 Å². The Morgan fingerprint density at radius 1 is 0.919 bits per heavy atom. The van der Waals surface area contributed by atoms with Gasteiger partial charge in [-0.3, -0.25) is 19.3 Å². The van der Waals surface area contributed by atoms with Crippen LogP contribution < -0.4 is 5.32 Å². The second-order valence-electron chi connectivity index (χ2n) is 10.9. The molecule has 3 fully saturated rings. The first kappa shape index (κ1) is 23.6. The summed E-state index contributed by atoms with van der Waals surface area (Å²) in [5.74, 6) is -0.831. The van der Waals surface area contributed by atoms with Crippen molar-refractivity contribution in [3.63, 3.8) is 0 Å². The van der Waals surface area contributed by atoms with E-state index >= 15 is 0 Å². The number of likely N-dealkylation sites (tertiary alicyclic amines) is 1. The molecule has 3 amide bonds. The van der Waals surface area contributed by atoms with Gasteiger partial charge in [-0.25, -0.2) is 4.79 Å².